The number of aliphatic imine (C=N–C) groups is 1. The van der Waals surface area contributed by atoms with Crippen LogP contribution in [0.4, 0.5) is 5.69 Å². The quantitative estimate of drug-likeness (QED) is 0.900. The van der Waals surface area contributed by atoms with Gasteiger partial charge in [-0.25, -0.2) is 4.99 Å². The van der Waals surface area contributed by atoms with Gasteiger partial charge in [-0.2, -0.15) is 0 Å². The van der Waals surface area contributed by atoms with Gasteiger partial charge in [0, 0.05) is 46.1 Å². The van der Waals surface area contributed by atoms with Crippen molar-refractivity contribution in [2.24, 2.45) is 10.7 Å². The molecule has 0 spiro atoms. The second-order valence-corrected chi connectivity index (χ2v) is 7.61. The lowest BCUT2D eigenvalue weighted by molar-refractivity contribution is -0.130. The number of hydrogen-bond acceptors (Lipinski definition) is 5. The number of hydrogen-bond donors (Lipinski definition) is 1. The lowest BCUT2D eigenvalue weighted by Crippen LogP contribution is -2.47. The number of nitrogens with two attached hydrogens (primary N) is 1. The fraction of sp³-hybridized carbons (Fsp3) is 0.368. The zero-order valence-corrected chi connectivity index (χ0v) is 15.2. The van der Waals surface area contributed by atoms with Crippen LogP contribution in [0.1, 0.15) is 28.5 Å². The molecule has 0 atom stereocenters. The molecule has 25 heavy (non-hydrogen) atoms. The normalized spacial score (nSPS) is 17.5. The topological polar surface area (TPSA) is 61.9 Å². The van der Waals surface area contributed by atoms with E-state index in [4.69, 9.17) is 5.73 Å². The van der Waals surface area contributed by atoms with Crippen molar-refractivity contribution < 1.29 is 4.79 Å². The third kappa shape index (κ3) is 3.32. The van der Waals surface area contributed by atoms with Gasteiger partial charge in [-0.05, 0) is 34.2 Å². The summed E-state index contributed by atoms with van der Waals surface area (Å²) < 4.78 is 0. The van der Waals surface area contributed by atoms with E-state index in [-0.39, 0.29) is 5.91 Å². The second-order valence-electron chi connectivity index (χ2n) is 6.69. The van der Waals surface area contributed by atoms with Crippen LogP contribution in [-0.2, 0) is 17.8 Å². The van der Waals surface area contributed by atoms with E-state index in [0.29, 0.717) is 5.84 Å². The number of benzene rings is 1. The second kappa shape index (κ2) is 6.61. The molecule has 0 aliphatic carbocycles. The Hall–Kier alpha value is -2.18. The van der Waals surface area contributed by atoms with Crippen LogP contribution in [0.15, 0.2) is 34.6 Å². The predicted molar refractivity (Wildman–Crippen MR) is 101 cm³/mol. The lowest BCUT2D eigenvalue weighted by atomic mass is 10.0. The van der Waals surface area contributed by atoms with Gasteiger partial charge in [0.2, 0.25) is 5.91 Å². The van der Waals surface area contributed by atoms with Gasteiger partial charge in [-0.15, -0.1) is 11.3 Å². The van der Waals surface area contributed by atoms with Gasteiger partial charge in [0.1, 0.15) is 5.84 Å². The summed E-state index contributed by atoms with van der Waals surface area (Å²) in [5, 5.41) is 2.08. The van der Waals surface area contributed by atoms with Crippen LogP contribution in [-0.4, -0.2) is 47.7 Å². The summed E-state index contributed by atoms with van der Waals surface area (Å²) in [5.41, 5.74) is 10.9. The van der Waals surface area contributed by atoms with Crippen LogP contribution in [0.3, 0.4) is 0 Å². The Morgan fingerprint density at radius 2 is 2.00 bits per heavy atom. The first kappa shape index (κ1) is 16.3. The number of rotatable bonds is 2. The number of amides is 1. The van der Waals surface area contributed by atoms with Crippen LogP contribution in [0.25, 0.3) is 0 Å². The molecule has 0 unspecified atom stereocenters. The van der Waals surface area contributed by atoms with Crippen LogP contribution in [0.2, 0.25) is 0 Å². The highest BCUT2D eigenvalue weighted by atomic mass is 32.1. The minimum Gasteiger partial charge on any atom is -0.382 e. The highest BCUT2D eigenvalue weighted by molar-refractivity contribution is 7.12. The third-order valence-electron chi connectivity index (χ3n) is 4.97. The standard InChI is InChI=1S/C19H22N4OS/c1-13(24)23-7-5-22(6-8-23)12-14-2-3-15-11-16-4-9-25-18(16)19(20)21-17(15)10-14/h2-4,9-10H,5-8,11-12H2,1H3,(H2,20,21). The van der Waals surface area contributed by atoms with E-state index in [9.17, 15) is 4.79 Å². The minimum atomic E-state index is 0.168. The van der Waals surface area contributed by atoms with Gasteiger partial charge in [-0.1, -0.05) is 12.1 Å². The summed E-state index contributed by atoms with van der Waals surface area (Å²) in [4.78, 5) is 21.5. The molecular formula is C19H22N4OS. The SMILES string of the molecule is CC(=O)N1CCN(Cc2ccc3c(c2)N=C(N)c2sccc2C3)CC1. The number of piperazine rings is 1. The molecule has 1 aromatic heterocycles. The zero-order chi connectivity index (χ0) is 17.4. The fourth-order valence-corrected chi connectivity index (χ4v) is 4.35. The smallest absolute Gasteiger partial charge is 0.219 e. The monoisotopic (exact) mass is 354 g/mol. The fourth-order valence-electron chi connectivity index (χ4n) is 3.53. The first-order chi connectivity index (χ1) is 12.1. The molecule has 6 heteroatoms. The molecule has 0 radical (unpaired) electrons. The maximum atomic E-state index is 11.4. The summed E-state index contributed by atoms with van der Waals surface area (Å²) in [7, 11) is 0. The van der Waals surface area contributed by atoms with Gasteiger partial charge in [0.25, 0.3) is 0 Å². The van der Waals surface area contributed by atoms with E-state index in [2.05, 4.69) is 39.5 Å². The summed E-state index contributed by atoms with van der Waals surface area (Å²) in [6.07, 6.45) is 0.885. The third-order valence-corrected chi connectivity index (χ3v) is 5.95. The van der Waals surface area contributed by atoms with E-state index in [1.807, 2.05) is 4.90 Å². The zero-order valence-electron chi connectivity index (χ0n) is 14.4. The highest BCUT2D eigenvalue weighted by Gasteiger charge is 2.20. The molecule has 4 rings (SSSR count). The van der Waals surface area contributed by atoms with Gasteiger partial charge < -0.3 is 10.6 Å². The molecule has 2 N–H and O–H groups in total. The van der Waals surface area contributed by atoms with Crippen LogP contribution in [0.5, 0.6) is 0 Å². The maximum Gasteiger partial charge on any atom is 0.219 e. The number of nitrogens with zero attached hydrogens (tertiary/aromatic N) is 3. The maximum absolute atomic E-state index is 11.4. The van der Waals surface area contributed by atoms with Crippen molar-refractivity contribution in [3.63, 3.8) is 0 Å². The van der Waals surface area contributed by atoms with Crippen molar-refractivity contribution in [2.75, 3.05) is 26.2 Å². The summed E-state index contributed by atoms with van der Waals surface area (Å²) in [6, 6.07) is 8.68. The molecule has 0 bridgehead atoms. The Kier molecular flexibility index (Phi) is 4.31. The largest absolute Gasteiger partial charge is 0.382 e. The Balaban J connectivity index is 1.50. The first-order valence-electron chi connectivity index (χ1n) is 8.61. The van der Waals surface area contributed by atoms with Crippen LogP contribution in [0, 0.1) is 0 Å². The Morgan fingerprint density at radius 3 is 2.76 bits per heavy atom. The van der Waals surface area contributed by atoms with E-state index >= 15 is 0 Å². The average Bonchev–Trinajstić information content (AvgIpc) is 3.01. The number of amidine groups is 1. The molecule has 0 saturated carbocycles. The molecule has 5 nitrogen and oxygen atoms in total. The first-order valence-corrected chi connectivity index (χ1v) is 9.48. The molecule has 1 saturated heterocycles. The average molecular weight is 354 g/mol. The Labute approximate surface area is 151 Å². The van der Waals surface area contributed by atoms with Crippen molar-refractivity contribution in [3.05, 3.63) is 51.2 Å². The minimum absolute atomic E-state index is 0.168. The number of carbonyl (C=O) groups excluding carboxylic acids is 1. The number of thiophene rings is 1. The van der Waals surface area contributed by atoms with E-state index in [0.717, 1.165) is 49.7 Å². The Bertz CT molecular complexity index is 834. The molecular weight excluding hydrogens is 332 g/mol. The molecule has 1 fully saturated rings. The Morgan fingerprint density at radius 1 is 1.20 bits per heavy atom. The van der Waals surface area contributed by atoms with Crippen molar-refractivity contribution in [3.8, 4) is 0 Å². The van der Waals surface area contributed by atoms with E-state index in [1.165, 1.54) is 16.7 Å². The van der Waals surface area contributed by atoms with Gasteiger partial charge >= 0.3 is 0 Å². The molecule has 1 aromatic carbocycles. The molecule has 130 valence electrons. The number of fused-ring (bicyclic) bond motifs is 2. The molecule has 3 heterocycles. The summed E-state index contributed by atoms with van der Waals surface area (Å²) in [6.45, 7) is 5.98. The van der Waals surface area contributed by atoms with Crippen LogP contribution >= 0.6 is 11.3 Å². The van der Waals surface area contributed by atoms with Gasteiger partial charge in [-0.3, -0.25) is 9.69 Å². The summed E-state index contributed by atoms with van der Waals surface area (Å²) >= 11 is 1.66. The highest BCUT2D eigenvalue weighted by Crippen LogP contribution is 2.31. The van der Waals surface area contributed by atoms with Crippen molar-refractivity contribution in [1.82, 2.24) is 9.80 Å². The molecule has 2 aromatic rings. The molecule has 1 amide bonds. The van der Waals surface area contributed by atoms with Crippen molar-refractivity contribution >= 4 is 28.8 Å². The van der Waals surface area contributed by atoms with E-state index in [1.54, 1.807) is 18.3 Å². The van der Waals surface area contributed by atoms with Crippen LogP contribution < -0.4 is 5.73 Å². The number of carbonyl (C=O) groups is 1. The van der Waals surface area contributed by atoms with Crippen molar-refractivity contribution in [1.29, 1.82) is 0 Å². The predicted octanol–water partition coefficient (Wildman–Crippen LogP) is 2.35. The molecule has 2 aliphatic heterocycles. The van der Waals surface area contributed by atoms with Gasteiger partial charge in [0.15, 0.2) is 0 Å². The summed E-state index contributed by atoms with van der Waals surface area (Å²) in [5.74, 6) is 0.790. The van der Waals surface area contributed by atoms with E-state index < -0.39 is 0 Å². The lowest BCUT2D eigenvalue weighted by Gasteiger charge is -2.34. The van der Waals surface area contributed by atoms with Gasteiger partial charge in [0.05, 0.1) is 10.6 Å². The molecule has 2 aliphatic rings. The van der Waals surface area contributed by atoms with Crippen molar-refractivity contribution in [2.45, 2.75) is 19.9 Å².